The van der Waals surface area contributed by atoms with E-state index in [1.165, 1.54) is 0 Å². The Morgan fingerprint density at radius 1 is 1.02 bits per heavy atom. The molecule has 4 aliphatic rings. The zero-order chi connectivity index (χ0) is 28.6. The monoisotopic (exact) mass is 585 g/mol. The van der Waals surface area contributed by atoms with Gasteiger partial charge in [0.15, 0.2) is 5.78 Å². The maximum Gasteiger partial charge on any atom is 0.309 e. The molecule has 0 saturated heterocycles. The number of benzene rings is 1. The highest BCUT2D eigenvalue weighted by molar-refractivity contribution is 6.40. The third-order valence-electron chi connectivity index (χ3n) is 10.5. The second-order valence-corrected chi connectivity index (χ2v) is 14.2. The Morgan fingerprint density at radius 2 is 1.62 bits per heavy atom. The lowest BCUT2D eigenvalue weighted by molar-refractivity contribution is -0.150. The first-order chi connectivity index (χ1) is 18.9. The van der Waals surface area contributed by atoms with Crippen LogP contribution in [-0.4, -0.2) is 50.0 Å². The van der Waals surface area contributed by atoms with E-state index in [0.717, 1.165) is 31.4 Å². The molecule has 9 heteroatoms. The molecule has 4 aliphatic carbocycles. The summed E-state index contributed by atoms with van der Waals surface area (Å²) in [7, 11) is 0. The third-order valence-corrected chi connectivity index (χ3v) is 11.2. The number of amides is 1. The fraction of sp³-hybridized carbons (Fsp3) is 0.613. The number of ketones is 1. The first-order valence-corrected chi connectivity index (χ1v) is 15.3. The molecule has 2 aromatic rings. The maximum atomic E-state index is 14.4. The summed E-state index contributed by atoms with van der Waals surface area (Å²) in [5.41, 5.74) is 1.36. The molecule has 1 N–H and O–H groups in total. The molecule has 0 aliphatic heterocycles. The van der Waals surface area contributed by atoms with Gasteiger partial charge >= 0.3 is 5.97 Å². The smallest absolute Gasteiger partial charge is 0.309 e. The van der Waals surface area contributed by atoms with Crippen molar-refractivity contribution in [3.05, 3.63) is 51.3 Å². The number of carboxylic acids is 1. The number of aliphatic carboxylic acids is 1. The van der Waals surface area contributed by atoms with Gasteiger partial charge in [-0.1, -0.05) is 43.1 Å². The summed E-state index contributed by atoms with van der Waals surface area (Å²) in [6.45, 7) is 6.31. The Kier molecular flexibility index (Phi) is 6.85. The Labute approximate surface area is 245 Å². The fourth-order valence-electron chi connectivity index (χ4n) is 7.54. The van der Waals surface area contributed by atoms with Gasteiger partial charge in [0.1, 0.15) is 0 Å². The van der Waals surface area contributed by atoms with Gasteiger partial charge in [0.25, 0.3) is 5.91 Å². The van der Waals surface area contributed by atoms with Crippen LogP contribution in [0.3, 0.4) is 0 Å². The van der Waals surface area contributed by atoms with Crippen molar-refractivity contribution in [2.75, 3.05) is 6.54 Å². The SMILES string of the molecule is CC1(C(=O)O)CCC(n2ncc(C(=O)N(CC(=O)c3c(Cl)cccc3Cl)[C@H]3C[C@@H]4[C@H](C3)C4(C)C)c2C2CC2)CC1. The summed E-state index contributed by atoms with van der Waals surface area (Å²) in [4.78, 5) is 41.5. The van der Waals surface area contributed by atoms with Crippen molar-refractivity contribution in [2.24, 2.45) is 22.7 Å². The van der Waals surface area contributed by atoms with Crippen molar-refractivity contribution in [1.29, 1.82) is 0 Å². The zero-order valence-electron chi connectivity index (χ0n) is 23.3. The second-order valence-electron chi connectivity index (χ2n) is 13.4. The summed E-state index contributed by atoms with van der Waals surface area (Å²) in [5.74, 6) is 0.220. The molecule has 1 heterocycles. The molecule has 0 unspecified atom stereocenters. The third kappa shape index (κ3) is 4.67. The highest BCUT2D eigenvalue weighted by Gasteiger charge is 2.63. The molecule has 4 fully saturated rings. The lowest BCUT2D eigenvalue weighted by Crippen LogP contribution is -2.44. The predicted octanol–water partition coefficient (Wildman–Crippen LogP) is 7.03. The Balaban J connectivity index is 1.29. The minimum atomic E-state index is -0.749. The van der Waals surface area contributed by atoms with E-state index in [1.54, 1.807) is 29.3 Å². The van der Waals surface area contributed by atoms with E-state index in [2.05, 4.69) is 13.8 Å². The number of Topliss-reactive ketones (excluding diaryl/α,β-unsaturated/α-hetero) is 1. The summed E-state index contributed by atoms with van der Waals surface area (Å²) < 4.78 is 2.01. The Bertz CT molecular complexity index is 1340. The number of carbonyl (C=O) groups excluding carboxylic acids is 2. The number of rotatable bonds is 8. The van der Waals surface area contributed by atoms with Crippen LogP contribution in [0.5, 0.6) is 0 Å². The predicted molar refractivity (Wildman–Crippen MR) is 153 cm³/mol. The van der Waals surface area contributed by atoms with E-state index in [-0.39, 0.29) is 57.3 Å². The number of carbonyl (C=O) groups is 3. The van der Waals surface area contributed by atoms with E-state index < -0.39 is 11.4 Å². The van der Waals surface area contributed by atoms with Crippen LogP contribution < -0.4 is 0 Å². The van der Waals surface area contributed by atoms with Crippen molar-refractivity contribution in [1.82, 2.24) is 14.7 Å². The highest BCUT2D eigenvalue weighted by Crippen LogP contribution is 2.67. The number of halogens is 2. The van der Waals surface area contributed by atoms with Crippen molar-refractivity contribution < 1.29 is 19.5 Å². The molecule has 214 valence electrons. The average molecular weight is 587 g/mol. The van der Waals surface area contributed by atoms with E-state index in [9.17, 15) is 19.5 Å². The first-order valence-electron chi connectivity index (χ1n) is 14.5. The van der Waals surface area contributed by atoms with Crippen molar-refractivity contribution in [2.45, 2.75) is 90.1 Å². The van der Waals surface area contributed by atoms with Crippen LogP contribution >= 0.6 is 23.2 Å². The van der Waals surface area contributed by atoms with Gasteiger partial charge in [-0.05, 0) is 87.7 Å². The van der Waals surface area contributed by atoms with E-state index in [0.29, 0.717) is 43.1 Å². The minimum absolute atomic E-state index is 0.0258. The molecule has 1 amide bonds. The molecule has 0 spiro atoms. The van der Waals surface area contributed by atoms with E-state index >= 15 is 0 Å². The standard InChI is InChI=1S/C31H37Cl2N3O4/c1-30(2)21-13-19(14-22(21)30)35(16-25(37)26-23(32)5-4-6-24(26)33)28(38)20-15-34-36(27(20)17-7-8-17)18-9-11-31(3,12-10-18)29(39)40/h4-6,15,17-19,21-22H,7-14,16H2,1-3H3,(H,39,40)/t18?,19-,21+,22-,31?. The Hall–Kier alpha value is -2.38. The molecular formula is C31H37Cl2N3O4. The van der Waals surface area contributed by atoms with Crippen LogP contribution in [0, 0.1) is 22.7 Å². The number of hydrogen-bond donors (Lipinski definition) is 1. The molecule has 4 saturated carbocycles. The molecule has 6 rings (SSSR count). The van der Waals surface area contributed by atoms with Gasteiger partial charge in [-0.2, -0.15) is 5.10 Å². The minimum Gasteiger partial charge on any atom is -0.481 e. The van der Waals surface area contributed by atoms with Crippen LogP contribution in [0.25, 0.3) is 0 Å². The molecule has 0 bridgehead atoms. The van der Waals surface area contributed by atoms with Gasteiger partial charge in [-0.15, -0.1) is 0 Å². The molecule has 7 nitrogen and oxygen atoms in total. The molecule has 3 atom stereocenters. The van der Waals surface area contributed by atoms with E-state index in [4.69, 9.17) is 28.3 Å². The summed E-state index contributed by atoms with van der Waals surface area (Å²) in [6.07, 6.45) is 8.05. The fourth-order valence-corrected chi connectivity index (χ4v) is 8.15. The Morgan fingerprint density at radius 3 is 2.17 bits per heavy atom. The molecule has 0 radical (unpaired) electrons. The number of aromatic nitrogens is 2. The zero-order valence-corrected chi connectivity index (χ0v) is 24.8. The van der Waals surface area contributed by atoms with Crippen LogP contribution in [0.15, 0.2) is 24.4 Å². The molecule has 40 heavy (non-hydrogen) atoms. The lowest BCUT2D eigenvalue weighted by Gasteiger charge is -2.35. The van der Waals surface area contributed by atoms with Gasteiger partial charge in [-0.3, -0.25) is 19.1 Å². The van der Waals surface area contributed by atoms with Crippen LogP contribution in [0.4, 0.5) is 0 Å². The molecule has 1 aromatic carbocycles. The highest BCUT2D eigenvalue weighted by atomic mass is 35.5. The van der Waals surface area contributed by atoms with Crippen LogP contribution in [0.2, 0.25) is 10.0 Å². The topological polar surface area (TPSA) is 92.5 Å². The van der Waals surface area contributed by atoms with Crippen LogP contribution in [0.1, 0.15) is 111 Å². The number of nitrogens with zero attached hydrogens (tertiary/aromatic N) is 3. The summed E-state index contributed by atoms with van der Waals surface area (Å²) >= 11 is 12.8. The largest absolute Gasteiger partial charge is 0.481 e. The average Bonchev–Trinajstić information content (AvgIpc) is 3.66. The van der Waals surface area contributed by atoms with E-state index in [1.807, 2.05) is 11.6 Å². The summed E-state index contributed by atoms with van der Waals surface area (Å²) in [5, 5.41) is 15.0. The van der Waals surface area contributed by atoms with Crippen LogP contribution in [-0.2, 0) is 4.79 Å². The quantitative estimate of drug-likeness (QED) is 0.335. The first kappa shape index (κ1) is 27.8. The van der Waals surface area contributed by atoms with Gasteiger partial charge < -0.3 is 10.0 Å². The summed E-state index contributed by atoms with van der Waals surface area (Å²) in [6, 6.07) is 5.05. The van der Waals surface area contributed by atoms with Gasteiger partial charge in [0.05, 0.1) is 51.1 Å². The lowest BCUT2D eigenvalue weighted by atomic mass is 9.74. The van der Waals surface area contributed by atoms with Crippen molar-refractivity contribution >= 4 is 40.9 Å². The maximum absolute atomic E-state index is 14.4. The number of fused-ring (bicyclic) bond motifs is 1. The van der Waals surface area contributed by atoms with Gasteiger partial charge in [-0.25, -0.2) is 0 Å². The molecular weight excluding hydrogens is 549 g/mol. The molecule has 1 aromatic heterocycles. The normalized spacial score (nSPS) is 30.5. The number of carboxylic acid groups (broad SMARTS) is 1. The second kappa shape index (κ2) is 9.87. The van der Waals surface area contributed by atoms with Crippen molar-refractivity contribution in [3.8, 4) is 0 Å². The van der Waals surface area contributed by atoms with Gasteiger partial charge in [0, 0.05) is 12.0 Å². The van der Waals surface area contributed by atoms with Crippen molar-refractivity contribution in [3.63, 3.8) is 0 Å². The van der Waals surface area contributed by atoms with Gasteiger partial charge in [0.2, 0.25) is 0 Å². The number of hydrogen-bond acceptors (Lipinski definition) is 4.